The average Bonchev–Trinajstić information content (AvgIpc) is 2.65. The van der Waals surface area contributed by atoms with Gasteiger partial charge in [-0.25, -0.2) is 0 Å². The van der Waals surface area contributed by atoms with Gasteiger partial charge in [0, 0.05) is 43.2 Å². The van der Waals surface area contributed by atoms with Gasteiger partial charge in [0.05, 0.1) is 0 Å². The lowest BCUT2D eigenvalue weighted by Crippen LogP contribution is -2.30. The van der Waals surface area contributed by atoms with Crippen molar-refractivity contribution in [3.05, 3.63) is 59.9 Å². The molecule has 132 valence electrons. The molecule has 1 heterocycles. The van der Waals surface area contributed by atoms with E-state index in [1.807, 2.05) is 19.1 Å². The summed E-state index contributed by atoms with van der Waals surface area (Å²) in [6, 6.07) is 10.9. The summed E-state index contributed by atoms with van der Waals surface area (Å²) in [5.41, 5.74) is 2.38. The molecule has 5 heteroatoms. The number of anilines is 1. The second-order valence-corrected chi connectivity index (χ2v) is 5.90. The highest BCUT2D eigenvalue weighted by Crippen LogP contribution is 2.14. The van der Waals surface area contributed by atoms with Crippen LogP contribution in [0, 0.1) is 0 Å². The second kappa shape index (κ2) is 9.57. The van der Waals surface area contributed by atoms with E-state index in [1.165, 1.54) is 0 Å². The summed E-state index contributed by atoms with van der Waals surface area (Å²) in [4.78, 5) is 30.2. The van der Waals surface area contributed by atoms with Crippen LogP contribution in [0.15, 0.2) is 48.8 Å². The topological polar surface area (TPSA) is 62.3 Å². The van der Waals surface area contributed by atoms with Crippen molar-refractivity contribution in [3.63, 3.8) is 0 Å². The molecule has 1 aromatic carbocycles. The van der Waals surface area contributed by atoms with Crippen molar-refractivity contribution < 1.29 is 9.59 Å². The summed E-state index contributed by atoms with van der Waals surface area (Å²) in [7, 11) is 0. The molecule has 0 fully saturated rings. The van der Waals surface area contributed by atoms with Gasteiger partial charge in [0.25, 0.3) is 5.91 Å². The number of amides is 2. The van der Waals surface area contributed by atoms with Crippen LogP contribution in [-0.2, 0) is 11.3 Å². The van der Waals surface area contributed by atoms with Gasteiger partial charge in [-0.05, 0) is 55.3 Å². The van der Waals surface area contributed by atoms with Gasteiger partial charge >= 0.3 is 0 Å². The summed E-state index contributed by atoms with van der Waals surface area (Å²) in [5, 5.41) is 2.86. The first-order chi connectivity index (χ1) is 12.1. The number of rotatable bonds is 8. The highest BCUT2D eigenvalue weighted by Gasteiger charge is 2.14. The Morgan fingerprint density at radius 3 is 2.32 bits per heavy atom. The van der Waals surface area contributed by atoms with Crippen LogP contribution in [0.4, 0.5) is 5.69 Å². The minimum Gasteiger partial charge on any atom is -0.335 e. The zero-order valence-electron chi connectivity index (χ0n) is 14.9. The van der Waals surface area contributed by atoms with Crippen LogP contribution < -0.4 is 5.32 Å². The van der Waals surface area contributed by atoms with Crippen LogP contribution in [0.1, 0.15) is 49.0 Å². The van der Waals surface area contributed by atoms with Gasteiger partial charge in [0.2, 0.25) is 5.91 Å². The normalized spacial score (nSPS) is 10.3. The van der Waals surface area contributed by atoms with Gasteiger partial charge in [-0.3, -0.25) is 14.6 Å². The van der Waals surface area contributed by atoms with E-state index in [1.54, 1.807) is 41.6 Å². The molecule has 1 aromatic heterocycles. The van der Waals surface area contributed by atoms with Gasteiger partial charge in [-0.2, -0.15) is 0 Å². The quantitative estimate of drug-likeness (QED) is 0.794. The number of carbonyl (C=O) groups excluding carboxylic acids is 2. The maximum atomic E-state index is 12.7. The van der Waals surface area contributed by atoms with Crippen molar-refractivity contribution in [2.45, 2.75) is 39.7 Å². The summed E-state index contributed by atoms with van der Waals surface area (Å²) >= 11 is 0. The molecule has 1 N–H and O–H groups in total. The molecule has 25 heavy (non-hydrogen) atoms. The number of hydrogen-bond acceptors (Lipinski definition) is 3. The zero-order chi connectivity index (χ0) is 18.1. The third-order valence-corrected chi connectivity index (χ3v) is 3.96. The first kappa shape index (κ1) is 18.6. The summed E-state index contributed by atoms with van der Waals surface area (Å²) in [6.07, 6.45) is 5.84. The largest absolute Gasteiger partial charge is 0.335 e. The van der Waals surface area contributed by atoms with Crippen molar-refractivity contribution in [2.75, 3.05) is 11.9 Å². The number of unbranched alkanes of at least 4 members (excludes halogenated alkanes) is 1. The SMILES string of the molecule is CCCCC(=O)Nc1ccc(C(=O)N(CC)Cc2ccncc2)cc1. The zero-order valence-corrected chi connectivity index (χ0v) is 14.9. The Labute approximate surface area is 149 Å². The minimum absolute atomic E-state index is 0.00815. The van der Waals surface area contributed by atoms with E-state index in [-0.39, 0.29) is 11.8 Å². The Balaban J connectivity index is 1.99. The Kier molecular flexibility index (Phi) is 7.14. The molecule has 2 rings (SSSR count). The number of nitrogens with zero attached hydrogens (tertiary/aromatic N) is 2. The van der Waals surface area contributed by atoms with Crippen molar-refractivity contribution in [1.82, 2.24) is 9.88 Å². The first-order valence-electron chi connectivity index (χ1n) is 8.72. The highest BCUT2D eigenvalue weighted by atomic mass is 16.2. The third kappa shape index (κ3) is 5.71. The third-order valence-electron chi connectivity index (χ3n) is 3.96. The van der Waals surface area contributed by atoms with Crippen molar-refractivity contribution in [2.24, 2.45) is 0 Å². The van der Waals surface area contributed by atoms with E-state index in [0.29, 0.717) is 25.1 Å². The van der Waals surface area contributed by atoms with Crippen molar-refractivity contribution in [1.29, 1.82) is 0 Å². The number of pyridine rings is 1. The monoisotopic (exact) mass is 339 g/mol. The van der Waals surface area contributed by atoms with Gasteiger partial charge in [0.1, 0.15) is 0 Å². The number of hydrogen-bond donors (Lipinski definition) is 1. The molecule has 2 aromatic rings. The van der Waals surface area contributed by atoms with Gasteiger partial charge < -0.3 is 10.2 Å². The molecule has 0 aliphatic carbocycles. The molecule has 0 spiro atoms. The van der Waals surface area contributed by atoms with Crippen molar-refractivity contribution in [3.8, 4) is 0 Å². The summed E-state index contributed by atoms with van der Waals surface area (Å²) in [6.45, 7) is 5.19. The Morgan fingerprint density at radius 2 is 1.72 bits per heavy atom. The number of benzene rings is 1. The fourth-order valence-corrected chi connectivity index (χ4v) is 2.48. The fourth-order valence-electron chi connectivity index (χ4n) is 2.48. The standard InChI is InChI=1S/C20H25N3O2/c1-3-5-6-19(24)22-18-9-7-17(8-10-18)20(25)23(4-2)15-16-11-13-21-14-12-16/h7-14H,3-6,15H2,1-2H3,(H,22,24). The number of aromatic nitrogens is 1. The Morgan fingerprint density at radius 1 is 1.04 bits per heavy atom. The lowest BCUT2D eigenvalue weighted by atomic mass is 10.1. The molecule has 0 aliphatic rings. The number of nitrogens with one attached hydrogen (secondary N) is 1. The molecule has 0 radical (unpaired) electrons. The maximum Gasteiger partial charge on any atom is 0.254 e. The second-order valence-electron chi connectivity index (χ2n) is 5.90. The van der Waals surface area contributed by atoms with Crippen LogP contribution in [0.2, 0.25) is 0 Å². The van der Waals surface area contributed by atoms with Gasteiger partial charge in [-0.1, -0.05) is 13.3 Å². The van der Waals surface area contributed by atoms with E-state index >= 15 is 0 Å². The van der Waals surface area contributed by atoms with Crippen LogP contribution in [0.25, 0.3) is 0 Å². The Hall–Kier alpha value is -2.69. The molecule has 0 saturated carbocycles. The molecule has 0 aliphatic heterocycles. The van der Waals surface area contributed by atoms with Gasteiger partial charge in [-0.15, -0.1) is 0 Å². The molecule has 5 nitrogen and oxygen atoms in total. The molecular weight excluding hydrogens is 314 g/mol. The Bertz CT molecular complexity index is 684. The molecule has 0 unspecified atom stereocenters. The van der Waals surface area contributed by atoms with E-state index in [9.17, 15) is 9.59 Å². The predicted octanol–water partition coefficient (Wildman–Crippen LogP) is 3.87. The van der Waals surface area contributed by atoms with Crippen LogP contribution in [0.3, 0.4) is 0 Å². The molecule has 0 atom stereocenters. The molecule has 2 amide bonds. The molecule has 0 bridgehead atoms. The highest BCUT2D eigenvalue weighted by molar-refractivity contribution is 5.95. The van der Waals surface area contributed by atoms with E-state index < -0.39 is 0 Å². The first-order valence-corrected chi connectivity index (χ1v) is 8.72. The summed E-state index contributed by atoms with van der Waals surface area (Å²) < 4.78 is 0. The van der Waals surface area contributed by atoms with Crippen molar-refractivity contribution >= 4 is 17.5 Å². The molecule has 0 saturated heterocycles. The van der Waals surface area contributed by atoms with Gasteiger partial charge in [0.15, 0.2) is 0 Å². The predicted molar refractivity (Wildman–Crippen MR) is 99.2 cm³/mol. The van der Waals surface area contributed by atoms with Crippen LogP contribution >= 0.6 is 0 Å². The number of carbonyl (C=O) groups is 2. The molecular formula is C20H25N3O2. The maximum absolute atomic E-state index is 12.7. The van der Waals surface area contributed by atoms with E-state index in [0.717, 1.165) is 24.1 Å². The van der Waals surface area contributed by atoms with E-state index in [2.05, 4.69) is 17.2 Å². The smallest absolute Gasteiger partial charge is 0.254 e. The lowest BCUT2D eigenvalue weighted by Gasteiger charge is -2.21. The lowest BCUT2D eigenvalue weighted by molar-refractivity contribution is -0.116. The minimum atomic E-state index is -0.0248. The van der Waals surface area contributed by atoms with E-state index in [4.69, 9.17) is 0 Å². The fraction of sp³-hybridized carbons (Fsp3) is 0.350. The summed E-state index contributed by atoms with van der Waals surface area (Å²) in [5.74, 6) is -0.0167. The van der Waals surface area contributed by atoms with Crippen LogP contribution in [0.5, 0.6) is 0 Å². The average molecular weight is 339 g/mol. The van der Waals surface area contributed by atoms with Crippen LogP contribution in [-0.4, -0.2) is 28.2 Å².